The van der Waals surface area contributed by atoms with Crippen molar-refractivity contribution >= 4 is 0 Å². The first-order valence-electron chi connectivity index (χ1n) is 5.73. The SMILES string of the molecule is CNC(c1ccnnc1)c1ccc(C)c(C)c1. The lowest BCUT2D eigenvalue weighted by molar-refractivity contribution is 0.684. The Morgan fingerprint density at radius 2 is 1.82 bits per heavy atom. The van der Waals surface area contributed by atoms with E-state index in [0.29, 0.717) is 0 Å². The third-order valence-electron chi connectivity index (χ3n) is 3.09. The Morgan fingerprint density at radius 1 is 1.00 bits per heavy atom. The standard InChI is InChI=1S/C14H17N3/c1-10-4-5-12(8-11(10)2)14(15-3)13-6-7-16-17-9-13/h4-9,14-15H,1-3H3. The summed E-state index contributed by atoms with van der Waals surface area (Å²) in [4.78, 5) is 0. The van der Waals surface area contributed by atoms with Crippen LogP contribution in [0.2, 0.25) is 0 Å². The zero-order valence-corrected chi connectivity index (χ0v) is 10.4. The van der Waals surface area contributed by atoms with Gasteiger partial charge in [0.25, 0.3) is 0 Å². The molecular weight excluding hydrogens is 210 g/mol. The first-order chi connectivity index (χ1) is 8.22. The van der Waals surface area contributed by atoms with Crippen LogP contribution in [-0.2, 0) is 0 Å². The van der Waals surface area contributed by atoms with Crippen LogP contribution in [0.5, 0.6) is 0 Å². The van der Waals surface area contributed by atoms with Gasteiger partial charge in [0.2, 0.25) is 0 Å². The molecule has 17 heavy (non-hydrogen) atoms. The molecule has 0 aliphatic heterocycles. The van der Waals surface area contributed by atoms with Crippen molar-refractivity contribution in [2.24, 2.45) is 0 Å². The summed E-state index contributed by atoms with van der Waals surface area (Å²) in [6.07, 6.45) is 3.52. The molecule has 3 nitrogen and oxygen atoms in total. The van der Waals surface area contributed by atoms with Crippen molar-refractivity contribution < 1.29 is 0 Å². The van der Waals surface area contributed by atoms with Gasteiger partial charge in [-0.25, -0.2) is 0 Å². The van der Waals surface area contributed by atoms with Gasteiger partial charge >= 0.3 is 0 Å². The van der Waals surface area contributed by atoms with E-state index in [1.54, 1.807) is 12.4 Å². The van der Waals surface area contributed by atoms with E-state index in [0.717, 1.165) is 5.56 Å². The van der Waals surface area contributed by atoms with Crippen molar-refractivity contribution in [3.63, 3.8) is 0 Å². The molecule has 2 aromatic rings. The van der Waals surface area contributed by atoms with E-state index >= 15 is 0 Å². The molecule has 1 unspecified atom stereocenters. The lowest BCUT2D eigenvalue weighted by atomic mass is 9.97. The molecule has 0 saturated carbocycles. The smallest absolute Gasteiger partial charge is 0.0590 e. The molecular formula is C14H17N3. The molecule has 3 heteroatoms. The largest absolute Gasteiger partial charge is 0.309 e. The molecule has 1 N–H and O–H groups in total. The molecule has 1 atom stereocenters. The number of rotatable bonds is 3. The fraction of sp³-hybridized carbons (Fsp3) is 0.286. The van der Waals surface area contributed by atoms with Crippen molar-refractivity contribution in [1.29, 1.82) is 0 Å². The summed E-state index contributed by atoms with van der Waals surface area (Å²) in [5.74, 6) is 0. The highest BCUT2D eigenvalue weighted by atomic mass is 15.1. The van der Waals surface area contributed by atoms with Gasteiger partial charge in [-0.2, -0.15) is 10.2 Å². The molecule has 0 aliphatic carbocycles. The van der Waals surface area contributed by atoms with Gasteiger partial charge in [-0.3, -0.25) is 0 Å². The zero-order valence-electron chi connectivity index (χ0n) is 10.4. The van der Waals surface area contributed by atoms with Crippen molar-refractivity contribution in [2.45, 2.75) is 19.9 Å². The number of benzene rings is 1. The van der Waals surface area contributed by atoms with Crippen LogP contribution < -0.4 is 5.32 Å². The van der Waals surface area contributed by atoms with Crippen LogP contribution in [0.4, 0.5) is 0 Å². The highest BCUT2D eigenvalue weighted by molar-refractivity contribution is 5.36. The predicted octanol–water partition coefficient (Wildman–Crippen LogP) is 2.40. The quantitative estimate of drug-likeness (QED) is 0.875. The third kappa shape index (κ3) is 2.50. The summed E-state index contributed by atoms with van der Waals surface area (Å²) in [5.41, 5.74) is 5.01. The number of hydrogen-bond acceptors (Lipinski definition) is 3. The maximum absolute atomic E-state index is 3.93. The summed E-state index contributed by atoms with van der Waals surface area (Å²) in [6.45, 7) is 4.26. The number of aryl methyl sites for hydroxylation is 2. The van der Waals surface area contributed by atoms with Crippen LogP contribution in [0.25, 0.3) is 0 Å². The normalized spacial score (nSPS) is 12.4. The van der Waals surface area contributed by atoms with Crippen LogP contribution in [0.3, 0.4) is 0 Å². The lowest BCUT2D eigenvalue weighted by Gasteiger charge is -2.17. The lowest BCUT2D eigenvalue weighted by Crippen LogP contribution is -2.18. The second-order valence-corrected chi connectivity index (χ2v) is 4.24. The Balaban J connectivity index is 2.39. The molecule has 1 heterocycles. The summed E-state index contributed by atoms with van der Waals surface area (Å²) in [6, 6.07) is 8.69. The monoisotopic (exact) mass is 227 g/mol. The van der Waals surface area contributed by atoms with E-state index in [1.165, 1.54) is 16.7 Å². The van der Waals surface area contributed by atoms with Crippen LogP contribution in [0, 0.1) is 13.8 Å². The average Bonchev–Trinajstić information content (AvgIpc) is 2.36. The van der Waals surface area contributed by atoms with Gasteiger partial charge in [0.15, 0.2) is 0 Å². The fourth-order valence-electron chi connectivity index (χ4n) is 1.94. The van der Waals surface area contributed by atoms with Gasteiger partial charge in [0, 0.05) is 6.20 Å². The predicted molar refractivity (Wildman–Crippen MR) is 68.9 cm³/mol. The summed E-state index contributed by atoms with van der Waals surface area (Å²) >= 11 is 0. The number of nitrogens with zero attached hydrogens (tertiary/aromatic N) is 2. The Hall–Kier alpha value is -1.74. The van der Waals surface area contributed by atoms with Gasteiger partial charge in [-0.05, 0) is 49.2 Å². The maximum Gasteiger partial charge on any atom is 0.0590 e. The number of nitrogens with one attached hydrogen (secondary N) is 1. The van der Waals surface area contributed by atoms with E-state index in [2.05, 4.69) is 47.6 Å². The molecule has 0 spiro atoms. The molecule has 2 rings (SSSR count). The van der Waals surface area contributed by atoms with Gasteiger partial charge in [-0.15, -0.1) is 0 Å². The molecule has 1 aromatic heterocycles. The first-order valence-corrected chi connectivity index (χ1v) is 5.73. The van der Waals surface area contributed by atoms with Gasteiger partial charge < -0.3 is 5.32 Å². The Labute approximate surface area is 102 Å². The van der Waals surface area contributed by atoms with Crippen molar-refractivity contribution in [3.8, 4) is 0 Å². The minimum absolute atomic E-state index is 0.171. The zero-order chi connectivity index (χ0) is 12.3. The maximum atomic E-state index is 3.93. The Bertz CT molecular complexity index is 494. The summed E-state index contributed by atoms with van der Waals surface area (Å²) < 4.78 is 0. The minimum Gasteiger partial charge on any atom is -0.309 e. The van der Waals surface area contributed by atoms with Crippen LogP contribution >= 0.6 is 0 Å². The van der Waals surface area contributed by atoms with Crippen LogP contribution in [0.1, 0.15) is 28.3 Å². The second-order valence-electron chi connectivity index (χ2n) is 4.24. The summed E-state index contributed by atoms with van der Waals surface area (Å²) in [7, 11) is 1.96. The Morgan fingerprint density at radius 3 is 2.41 bits per heavy atom. The van der Waals surface area contributed by atoms with Crippen molar-refractivity contribution in [3.05, 3.63) is 58.9 Å². The average molecular weight is 227 g/mol. The van der Waals surface area contributed by atoms with Crippen molar-refractivity contribution in [2.75, 3.05) is 7.05 Å². The Kier molecular flexibility index (Phi) is 3.49. The topological polar surface area (TPSA) is 37.8 Å². The second kappa shape index (κ2) is 5.06. The first kappa shape index (κ1) is 11.7. The number of aromatic nitrogens is 2. The van der Waals surface area contributed by atoms with Crippen molar-refractivity contribution in [1.82, 2.24) is 15.5 Å². The molecule has 88 valence electrons. The highest BCUT2D eigenvalue weighted by Gasteiger charge is 2.12. The van der Waals surface area contributed by atoms with Gasteiger partial charge in [0.05, 0.1) is 12.2 Å². The molecule has 0 bridgehead atoms. The van der Waals surface area contributed by atoms with Gasteiger partial charge in [-0.1, -0.05) is 18.2 Å². The minimum atomic E-state index is 0.171. The van der Waals surface area contributed by atoms with E-state index in [1.807, 2.05) is 13.1 Å². The molecule has 0 radical (unpaired) electrons. The molecule has 1 aromatic carbocycles. The molecule has 0 amide bonds. The highest BCUT2D eigenvalue weighted by Crippen LogP contribution is 2.22. The van der Waals surface area contributed by atoms with E-state index in [4.69, 9.17) is 0 Å². The summed E-state index contributed by atoms with van der Waals surface area (Å²) in [5, 5.41) is 11.1. The fourth-order valence-corrected chi connectivity index (χ4v) is 1.94. The van der Waals surface area contributed by atoms with E-state index < -0.39 is 0 Å². The van der Waals surface area contributed by atoms with E-state index in [9.17, 15) is 0 Å². The third-order valence-corrected chi connectivity index (χ3v) is 3.09. The van der Waals surface area contributed by atoms with Crippen LogP contribution in [-0.4, -0.2) is 17.2 Å². The molecule has 0 aliphatic rings. The van der Waals surface area contributed by atoms with E-state index in [-0.39, 0.29) is 6.04 Å². The van der Waals surface area contributed by atoms with Gasteiger partial charge in [0.1, 0.15) is 0 Å². The molecule has 0 saturated heterocycles. The molecule has 0 fully saturated rings. The number of hydrogen-bond donors (Lipinski definition) is 1. The van der Waals surface area contributed by atoms with Crippen LogP contribution in [0.15, 0.2) is 36.7 Å².